The van der Waals surface area contributed by atoms with Crippen LogP contribution in [0.2, 0.25) is 0 Å². The molecule has 0 aliphatic carbocycles. The summed E-state index contributed by atoms with van der Waals surface area (Å²) in [5.74, 6) is 0.416. The number of carbonyl (C=O) groups excluding carboxylic acids is 1. The van der Waals surface area contributed by atoms with Crippen LogP contribution in [0.4, 0.5) is 5.69 Å². The Labute approximate surface area is 113 Å². The molecule has 3 N–H and O–H groups in total. The van der Waals surface area contributed by atoms with Gasteiger partial charge in [0.1, 0.15) is 6.07 Å². The minimum atomic E-state index is -0.0830. The van der Waals surface area contributed by atoms with Gasteiger partial charge in [-0.3, -0.25) is 9.69 Å². The van der Waals surface area contributed by atoms with Crippen molar-refractivity contribution in [2.45, 2.75) is 6.42 Å². The number of hydrogen-bond donors (Lipinski definition) is 2. The predicted octanol–water partition coefficient (Wildman–Crippen LogP) is 0.777. The van der Waals surface area contributed by atoms with Crippen molar-refractivity contribution in [2.75, 3.05) is 31.5 Å². The van der Waals surface area contributed by atoms with Gasteiger partial charge in [0.05, 0.1) is 17.8 Å². The highest BCUT2D eigenvalue weighted by atomic mass is 16.2. The van der Waals surface area contributed by atoms with Crippen LogP contribution in [-0.4, -0.2) is 37.0 Å². The predicted molar refractivity (Wildman–Crippen MR) is 73.4 cm³/mol. The van der Waals surface area contributed by atoms with Crippen LogP contribution >= 0.6 is 0 Å². The van der Waals surface area contributed by atoms with Crippen LogP contribution in [0.3, 0.4) is 0 Å². The number of nitrogens with two attached hydrogens (primary N) is 1. The fraction of sp³-hybridized carbons (Fsp3) is 0.429. The van der Waals surface area contributed by atoms with Crippen molar-refractivity contribution in [3.63, 3.8) is 0 Å². The average molecular weight is 258 g/mol. The summed E-state index contributed by atoms with van der Waals surface area (Å²) >= 11 is 0. The molecule has 0 spiro atoms. The van der Waals surface area contributed by atoms with E-state index in [4.69, 9.17) is 11.0 Å². The van der Waals surface area contributed by atoms with Gasteiger partial charge >= 0.3 is 0 Å². The second-order valence-electron chi connectivity index (χ2n) is 4.83. The summed E-state index contributed by atoms with van der Waals surface area (Å²) in [7, 11) is 0. The van der Waals surface area contributed by atoms with E-state index in [0.717, 1.165) is 19.5 Å². The number of amides is 1. The second-order valence-corrected chi connectivity index (χ2v) is 4.83. The second kappa shape index (κ2) is 6.32. The minimum Gasteiger partial charge on any atom is -0.330 e. The number of para-hydroxylation sites is 1. The first-order valence-corrected chi connectivity index (χ1v) is 6.44. The monoisotopic (exact) mass is 258 g/mol. The summed E-state index contributed by atoms with van der Waals surface area (Å²) < 4.78 is 0. The Morgan fingerprint density at radius 3 is 3.00 bits per heavy atom. The highest BCUT2D eigenvalue weighted by molar-refractivity contribution is 5.93. The summed E-state index contributed by atoms with van der Waals surface area (Å²) in [5.41, 5.74) is 6.68. The molecule has 0 aromatic heterocycles. The number of hydrogen-bond acceptors (Lipinski definition) is 4. The van der Waals surface area contributed by atoms with Gasteiger partial charge in [0.15, 0.2) is 0 Å². The van der Waals surface area contributed by atoms with Gasteiger partial charge in [-0.25, -0.2) is 0 Å². The van der Waals surface area contributed by atoms with E-state index in [1.165, 1.54) is 0 Å². The van der Waals surface area contributed by atoms with Gasteiger partial charge in [-0.15, -0.1) is 0 Å². The van der Waals surface area contributed by atoms with Gasteiger partial charge in [-0.1, -0.05) is 12.1 Å². The van der Waals surface area contributed by atoms with Crippen molar-refractivity contribution in [1.29, 1.82) is 5.26 Å². The van der Waals surface area contributed by atoms with Crippen molar-refractivity contribution >= 4 is 11.6 Å². The van der Waals surface area contributed by atoms with E-state index in [-0.39, 0.29) is 5.91 Å². The summed E-state index contributed by atoms with van der Waals surface area (Å²) in [6, 6.07) is 9.08. The fourth-order valence-electron chi connectivity index (χ4n) is 2.33. The van der Waals surface area contributed by atoms with E-state index in [9.17, 15) is 4.79 Å². The smallest absolute Gasteiger partial charge is 0.238 e. The SMILES string of the molecule is N#Cc1ccccc1NC(=O)CN1CCC(CN)C1. The van der Waals surface area contributed by atoms with E-state index < -0.39 is 0 Å². The van der Waals surface area contributed by atoms with Gasteiger partial charge in [0, 0.05) is 6.54 Å². The highest BCUT2D eigenvalue weighted by Crippen LogP contribution is 2.16. The van der Waals surface area contributed by atoms with Crippen LogP contribution in [0.25, 0.3) is 0 Å². The summed E-state index contributed by atoms with van der Waals surface area (Å²) in [5, 5.41) is 11.7. The first kappa shape index (κ1) is 13.5. The standard InChI is InChI=1S/C14H18N4O/c15-7-11-5-6-18(9-11)10-14(19)17-13-4-2-1-3-12(13)8-16/h1-4,11H,5-7,9-10,15H2,(H,17,19). The maximum atomic E-state index is 11.9. The minimum absolute atomic E-state index is 0.0830. The number of nitriles is 1. The molecule has 1 unspecified atom stereocenters. The Kier molecular flexibility index (Phi) is 4.50. The van der Waals surface area contributed by atoms with Crippen LogP contribution in [0.1, 0.15) is 12.0 Å². The lowest BCUT2D eigenvalue weighted by Crippen LogP contribution is -2.32. The van der Waals surface area contributed by atoms with Gasteiger partial charge < -0.3 is 11.1 Å². The van der Waals surface area contributed by atoms with Crippen molar-refractivity contribution in [2.24, 2.45) is 11.7 Å². The first-order valence-electron chi connectivity index (χ1n) is 6.44. The zero-order valence-corrected chi connectivity index (χ0v) is 10.8. The Morgan fingerprint density at radius 2 is 2.32 bits per heavy atom. The van der Waals surface area contributed by atoms with Gasteiger partial charge in [0.2, 0.25) is 5.91 Å². The third-order valence-electron chi connectivity index (χ3n) is 3.39. The van der Waals surface area contributed by atoms with Crippen molar-refractivity contribution in [1.82, 2.24) is 4.90 Å². The number of nitrogens with zero attached hydrogens (tertiary/aromatic N) is 2. The number of carbonyl (C=O) groups is 1. The van der Waals surface area contributed by atoms with Crippen LogP contribution in [0.15, 0.2) is 24.3 Å². The first-order chi connectivity index (χ1) is 9.22. The molecule has 5 nitrogen and oxygen atoms in total. The van der Waals surface area contributed by atoms with Crippen LogP contribution in [0, 0.1) is 17.2 Å². The molecule has 0 radical (unpaired) electrons. The number of benzene rings is 1. The molecule has 1 saturated heterocycles. The van der Waals surface area contributed by atoms with Crippen molar-refractivity contribution in [3.05, 3.63) is 29.8 Å². The maximum absolute atomic E-state index is 11.9. The van der Waals surface area contributed by atoms with E-state index in [0.29, 0.717) is 30.3 Å². The van der Waals surface area contributed by atoms with E-state index >= 15 is 0 Å². The molecule has 0 saturated carbocycles. The topological polar surface area (TPSA) is 82.2 Å². The molecule has 1 aliphatic rings. The molecule has 1 heterocycles. The number of rotatable bonds is 4. The van der Waals surface area contributed by atoms with Crippen LogP contribution in [-0.2, 0) is 4.79 Å². The molecule has 1 fully saturated rings. The molecule has 5 heteroatoms. The van der Waals surface area contributed by atoms with Gasteiger partial charge in [-0.05, 0) is 37.6 Å². The largest absolute Gasteiger partial charge is 0.330 e. The Morgan fingerprint density at radius 1 is 1.53 bits per heavy atom. The average Bonchev–Trinajstić information content (AvgIpc) is 2.87. The van der Waals surface area contributed by atoms with E-state index in [1.54, 1.807) is 24.3 Å². The lowest BCUT2D eigenvalue weighted by atomic mass is 10.1. The molecule has 1 atom stereocenters. The molecular weight excluding hydrogens is 240 g/mol. The maximum Gasteiger partial charge on any atom is 0.238 e. The molecular formula is C14H18N4O. The zero-order chi connectivity index (χ0) is 13.7. The van der Waals surface area contributed by atoms with Crippen LogP contribution in [0.5, 0.6) is 0 Å². The van der Waals surface area contributed by atoms with Gasteiger partial charge in [-0.2, -0.15) is 5.26 Å². The molecule has 0 bridgehead atoms. The van der Waals surface area contributed by atoms with Crippen molar-refractivity contribution in [3.8, 4) is 6.07 Å². The number of anilines is 1. The Balaban J connectivity index is 1.90. The fourth-order valence-corrected chi connectivity index (χ4v) is 2.33. The quantitative estimate of drug-likeness (QED) is 0.836. The summed E-state index contributed by atoms with van der Waals surface area (Å²) in [4.78, 5) is 14.0. The highest BCUT2D eigenvalue weighted by Gasteiger charge is 2.22. The number of likely N-dealkylation sites (tertiary alicyclic amines) is 1. The number of nitrogens with one attached hydrogen (secondary N) is 1. The lowest BCUT2D eigenvalue weighted by Gasteiger charge is -2.15. The van der Waals surface area contributed by atoms with E-state index in [2.05, 4.69) is 16.3 Å². The molecule has 100 valence electrons. The molecule has 1 aromatic rings. The Bertz CT molecular complexity index is 494. The molecule has 1 amide bonds. The van der Waals surface area contributed by atoms with Gasteiger partial charge in [0.25, 0.3) is 0 Å². The lowest BCUT2D eigenvalue weighted by molar-refractivity contribution is -0.117. The molecule has 1 aliphatic heterocycles. The zero-order valence-electron chi connectivity index (χ0n) is 10.8. The normalized spacial score (nSPS) is 19.1. The molecule has 1 aromatic carbocycles. The summed E-state index contributed by atoms with van der Waals surface area (Å²) in [6.45, 7) is 2.82. The third-order valence-corrected chi connectivity index (χ3v) is 3.39. The summed E-state index contributed by atoms with van der Waals surface area (Å²) in [6.07, 6.45) is 1.05. The molecule has 2 rings (SSSR count). The molecule has 19 heavy (non-hydrogen) atoms. The third kappa shape index (κ3) is 3.53. The van der Waals surface area contributed by atoms with Crippen molar-refractivity contribution < 1.29 is 4.79 Å². The Hall–Kier alpha value is -1.90. The van der Waals surface area contributed by atoms with Crippen LogP contribution < -0.4 is 11.1 Å². The van der Waals surface area contributed by atoms with E-state index in [1.807, 2.05) is 0 Å².